The summed E-state index contributed by atoms with van der Waals surface area (Å²) in [4.78, 5) is 28.5. The summed E-state index contributed by atoms with van der Waals surface area (Å²) < 4.78 is 5.28. The molecule has 128 valence electrons. The molecule has 2 fully saturated rings. The molecule has 0 aromatic rings. The van der Waals surface area contributed by atoms with Gasteiger partial charge in [-0.25, -0.2) is 0 Å². The molecule has 2 aliphatic heterocycles. The Kier molecular flexibility index (Phi) is 6.24. The summed E-state index contributed by atoms with van der Waals surface area (Å²) in [6.45, 7) is 9.18. The van der Waals surface area contributed by atoms with E-state index in [9.17, 15) is 9.59 Å². The van der Waals surface area contributed by atoms with Crippen molar-refractivity contribution in [2.24, 2.45) is 11.1 Å². The number of hydrogen-bond donors (Lipinski definition) is 1. The number of amides is 2. The van der Waals surface area contributed by atoms with Crippen molar-refractivity contribution < 1.29 is 14.3 Å². The first-order valence-electron chi connectivity index (χ1n) is 7.69. The first-order valence-corrected chi connectivity index (χ1v) is 7.69. The molecule has 0 radical (unpaired) electrons. The second kappa shape index (κ2) is 7.15. The summed E-state index contributed by atoms with van der Waals surface area (Å²) in [5.74, 6) is 0.150. The molecule has 2 saturated heterocycles. The van der Waals surface area contributed by atoms with Crippen molar-refractivity contribution >= 4 is 24.2 Å². The maximum absolute atomic E-state index is 12.6. The molecule has 0 aliphatic carbocycles. The Labute approximate surface area is 138 Å². The first-order chi connectivity index (χ1) is 9.74. The van der Waals surface area contributed by atoms with E-state index < -0.39 is 5.54 Å². The fraction of sp³-hybridized carbons (Fsp3) is 0.867. The zero-order valence-corrected chi connectivity index (χ0v) is 14.6. The molecular formula is C15H28ClN3O3. The summed E-state index contributed by atoms with van der Waals surface area (Å²) in [6, 6.07) is 0. The SMILES string of the molecule is CC(C)(C)C(=O)N1CCN(C(=O)C2(N)CCOCC2)CC1.Cl. The van der Waals surface area contributed by atoms with Crippen LogP contribution in [0, 0.1) is 5.41 Å². The molecule has 0 unspecified atom stereocenters. The fourth-order valence-electron chi connectivity index (χ4n) is 2.85. The van der Waals surface area contributed by atoms with Crippen LogP contribution >= 0.6 is 12.4 Å². The largest absolute Gasteiger partial charge is 0.381 e. The highest BCUT2D eigenvalue weighted by Gasteiger charge is 2.40. The zero-order valence-electron chi connectivity index (χ0n) is 13.8. The number of halogens is 1. The quantitative estimate of drug-likeness (QED) is 0.763. The average Bonchev–Trinajstić information content (AvgIpc) is 2.46. The number of carbonyl (C=O) groups is 2. The number of rotatable bonds is 1. The van der Waals surface area contributed by atoms with Crippen LogP contribution in [-0.4, -0.2) is 66.5 Å². The third-order valence-corrected chi connectivity index (χ3v) is 4.31. The molecule has 0 aromatic carbocycles. The summed E-state index contributed by atoms with van der Waals surface area (Å²) in [5, 5.41) is 0. The maximum atomic E-state index is 12.6. The van der Waals surface area contributed by atoms with Crippen LogP contribution in [0.4, 0.5) is 0 Å². The summed E-state index contributed by atoms with van der Waals surface area (Å²) in [6.07, 6.45) is 1.15. The third-order valence-electron chi connectivity index (χ3n) is 4.31. The molecule has 6 nitrogen and oxygen atoms in total. The van der Waals surface area contributed by atoms with Gasteiger partial charge in [-0.3, -0.25) is 9.59 Å². The van der Waals surface area contributed by atoms with Gasteiger partial charge in [0.1, 0.15) is 0 Å². The van der Waals surface area contributed by atoms with E-state index in [4.69, 9.17) is 10.5 Å². The van der Waals surface area contributed by atoms with E-state index in [2.05, 4.69) is 0 Å². The van der Waals surface area contributed by atoms with Gasteiger partial charge in [0.15, 0.2) is 0 Å². The number of piperazine rings is 1. The van der Waals surface area contributed by atoms with E-state index in [1.807, 2.05) is 25.7 Å². The Bertz CT molecular complexity index is 409. The number of hydrogen-bond acceptors (Lipinski definition) is 4. The van der Waals surface area contributed by atoms with E-state index in [0.717, 1.165) is 0 Å². The lowest BCUT2D eigenvalue weighted by Crippen LogP contribution is -2.62. The first kappa shape index (κ1) is 19.2. The third kappa shape index (κ3) is 4.12. The van der Waals surface area contributed by atoms with E-state index >= 15 is 0 Å². The Hall–Kier alpha value is -0.850. The van der Waals surface area contributed by atoms with Crippen LogP contribution in [0.1, 0.15) is 33.6 Å². The van der Waals surface area contributed by atoms with Crippen molar-refractivity contribution in [2.75, 3.05) is 39.4 Å². The minimum Gasteiger partial charge on any atom is -0.381 e. The van der Waals surface area contributed by atoms with Gasteiger partial charge >= 0.3 is 0 Å². The highest BCUT2D eigenvalue weighted by molar-refractivity contribution is 5.87. The topological polar surface area (TPSA) is 75.9 Å². The van der Waals surface area contributed by atoms with Gasteiger partial charge in [0, 0.05) is 44.8 Å². The van der Waals surface area contributed by atoms with Crippen LogP contribution in [-0.2, 0) is 14.3 Å². The lowest BCUT2D eigenvalue weighted by Gasteiger charge is -2.42. The van der Waals surface area contributed by atoms with Crippen molar-refractivity contribution in [1.29, 1.82) is 0 Å². The normalized spacial score (nSPS) is 22.0. The Morgan fingerprint density at radius 1 is 1.00 bits per heavy atom. The minimum atomic E-state index is -0.783. The van der Waals surface area contributed by atoms with Crippen molar-refractivity contribution in [3.05, 3.63) is 0 Å². The lowest BCUT2D eigenvalue weighted by molar-refractivity contribution is -0.148. The molecule has 0 atom stereocenters. The van der Waals surface area contributed by atoms with Crippen LogP contribution < -0.4 is 5.73 Å². The van der Waals surface area contributed by atoms with Gasteiger partial charge in [0.05, 0.1) is 5.54 Å². The molecule has 2 rings (SSSR count). The van der Waals surface area contributed by atoms with E-state index in [1.54, 1.807) is 4.90 Å². The van der Waals surface area contributed by atoms with Crippen LogP contribution in [0.15, 0.2) is 0 Å². The second-order valence-electron chi connectivity index (χ2n) is 7.10. The monoisotopic (exact) mass is 333 g/mol. The average molecular weight is 334 g/mol. The highest BCUT2D eigenvalue weighted by Crippen LogP contribution is 2.23. The highest BCUT2D eigenvalue weighted by atomic mass is 35.5. The minimum absolute atomic E-state index is 0. The summed E-state index contributed by atoms with van der Waals surface area (Å²) in [5.41, 5.74) is 5.09. The van der Waals surface area contributed by atoms with Gasteiger partial charge in [-0.05, 0) is 12.8 Å². The van der Waals surface area contributed by atoms with Crippen molar-refractivity contribution in [3.63, 3.8) is 0 Å². The number of ether oxygens (including phenoxy) is 1. The van der Waals surface area contributed by atoms with E-state index in [1.165, 1.54) is 0 Å². The zero-order chi connectivity index (χ0) is 15.7. The molecule has 22 heavy (non-hydrogen) atoms. The van der Waals surface area contributed by atoms with Gasteiger partial charge in [-0.15, -0.1) is 12.4 Å². The summed E-state index contributed by atoms with van der Waals surface area (Å²) in [7, 11) is 0. The number of carbonyl (C=O) groups excluding carboxylic acids is 2. The second-order valence-corrected chi connectivity index (χ2v) is 7.10. The molecule has 0 aromatic heterocycles. The molecule has 2 aliphatic rings. The fourth-order valence-corrected chi connectivity index (χ4v) is 2.85. The van der Waals surface area contributed by atoms with Crippen molar-refractivity contribution in [3.8, 4) is 0 Å². The van der Waals surface area contributed by atoms with Gasteiger partial charge in [-0.2, -0.15) is 0 Å². The van der Waals surface area contributed by atoms with E-state index in [-0.39, 0.29) is 29.6 Å². The Balaban J connectivity index is 0.00000242. The van der Waals surface area contributed by atoms with Gasteiger partial charge in [-0.1, -0.05) is 20.8 Å². The van der Waals surface area contributed by atoms with Crippen molar-refractivity contribution in [1.82, 2.24) is 9.80 Å². The standard InChI is InChI=1S/C15H27N3O3.ClH/c1-14(2,3)12(19)17-6-8-18(9-7-17)13(20)15(16)4-10-21-11-5-15;/h4-11,16H2,1-3H3;1H. The van der Waals surface area contributed by atoms with E-state index in [0.29, 0.717) is 52.2 Å². The molecule has 2 heterocycles. The van der Waals surface area contributed by atoms with Gasteiger partial charge in [0.25, 0.3) is 0 Å². The van der Waals surface area contributed by atoms with Crippen LogP contribution in [0.25, 0.3) is 0 Å². The van der Waals surface area contributed by atoms with Gasteiger partial charge < -0.3 is 20.3 Å². The molecule has 2 amide bonds. The Morgan fingerprint density at radius 2 is 1.45 bits per heavy atom. The summed E-state index contributed by atoms with van der Waals surface area (Å²) >= 11 is 0. The predicted octanol–water partition coefficient (Wildman–Crippen LogP) is 0.633. The number of nitrogens with two attached hydrogens (primary N) is 1. The smallest absolute Gasteiger partial charge is 0.242 e. The molecular weight excluding hydrogens is 306 g/mol. The predicted molar refractivity (Wildman–Crippen MR) is 86.8 cm³/mol. The van der Waals surface area contributed by atoms with Crippen LogP contribution in [0.2, 0.25) is 0 Å². The maximum Gasteiger partial charge on any atom is 0.242 e. The van der Waals surface area contributed by atoms with Crippen LogP contribution in [0.3, 0.4) is 0 Å². The van der Waals surface area contributed by atoms with Gasteiger partial charge in [0.2, 0.25) is 11.8 Å². The number of nitrogens with zero attached hydrogens (tertiary/aromatic N) is 2. The molecule has 2 N–H and O–H groups in total. The molecule has 0 saturated carbocycles. The molecule has 0 spiro atoms. The van der Waals surface area contributed by atoms with Crippen LogP contribution in [0.5, 0.6) is 0 Å². The Morgan fingerprint density at radius 3 is 1.91 bits per heavy atom. The molecule has 0 bridgehead atoms. The lowest BCUT2D eigenvalue weighted by atomic mass is 9.89. The van der Waals surface area contributed by atoms with Crippen molar-refractivity contribution in [2.45, 2.75) is 39.2 Å². The molecule has 7 heteroatoms.